The van der Waals surface area contributed by atoms with Gasteiger partial charge in [0, 0.05) is 12.0 Å². The molecule has 2 nitrogen and oxygen atoms in total. The van der Waals surface area contributed by atoms with E-state index in [9.17, 15) is 13.6 Å². The molecule has 1 fully saturated rings. The van der Waals surface area contributed by atoms with E-state index in [4.69, 9.17) is 0 Å². The van der Waals surface area contributed by atoms with Crippen molar-refractivity contribution in [3.8, 4) is 0 Å². The molecule has 2 aromatic rings. The molecule has 3 rings (SSSR count). The van der Waals surface area contributed by atoms with Crippen LogP contribution in [-0.4, -0.2) is 18.9 Å². The van der Waals surface area contributed by atoms with Crippen molar-refractivity contribution in [2.45, 2.75) is 44.4 Å². The third-order valence-corrected chi connectivity index (χ3v) is 5.54. The number of hydrogen-bond acceptors (Lipinski definition) is 2. The molecule has 0 aromatic heterocycles. The van der Waals surface area contributed by atoms with Gasteiger partial charge in [0.15, 0.2) is 5.78 Å². The first-order chi connectivity index (χ1) is 13.1. The average Bonchev–Trinajstić information content (AvgIpc) is 2.69. The zero-order valence-corrected chi connectivity index (χ0v) is 15.6. The lowest BCUT2D eigenvalue weighted by molar-refractivity contribution is 0.0980. The second kappa shape index (κ2) is 9.75. The molecule has 0 atom stereocenters. The number of benzene rings is 2. The maximum atomic E-state index is 13.0. The molecule has 0 spiro atoms. The maximum Gasteiger partial charge on any atom is 0.162 e. The lowest BCUT2D eigenvalue weighted by Gasteiger charge is -2.29. The van der Waals surface area contributed by atoms with Crippen LogP contribution in [0.2, 0.25) is 0 Å². The van der Waals surface area contributed by atoms with Crippen LogP contribution >= 0.6 is 0 Å². The summed E-state index contributed by atoms with van der Waals surface area (Å²) >= 11 is 0. The quantitative estimate of drug-likeness (QED) is 0.491. The standard InChI is InChI=1S/C23H27F2NO/c24-21-11-7-19(8-12-21)18-5-3-17(4-6-18)16-26-15-1-2-23(27)20-9-13-22(25)14-10-20/h7-14,17-18,26H,1-6,15-16H2. The Kier molecular flexibility index (Phi) is 7.11. The van der Waals surface area contributed by atoms with Gasteiger partial charge in [-0.2, -0.15) is 0 Å². The fraction of sp³-hybridized carbons (Fsp3) is 0.435. The molecule has 0 unspecified atom stereocenters. The van der Waals surface area contributed by atoms with Crippen molar-refractivity contribution in [2.75, 3.05) is 13.1 Å². The Morgan fingerprint density at radius 2 is 1.48 bits per heavy atom. The Bertz CT molecular complexity index is 719. The number of ketones is 1. The average molecular weight is 371 g/mol. The first kappa shape index (κ1) is 19.7. The molecule has 0 radical (unpaired) electrons. The number of hydrogen-bond donors (Lipinski definition) is 1. The number of halogens is 2. The summed E-state index contributed by atoms with van der Waals surface area (Å²) in [6.45, 7) is 1.81. The van der Waals surface area contributed by atoms with E-state index >= 15 is 0 Å². The van der Waals surface area contributed by atoms with Crippen molar-refractivity contribution >= 4 is 5.78 Å². The number of carbonyl (C=O) groups is 1. The minimum absolute atomic E-state index is 0.0663. The molecular weight excluding hydrogens is 344 g/mol. The van der Waals surface area contributed by atoms with Crippen LogP contribution in [0.3, 0.4) is 0 Å². The van der Waals surface area contributed by atoms with E-state index in [1.165, 1.54) is 30.5 Å². The summed E-state index contributed by atoms with van der Waals surface area (Å²) in [6.07, 6.45) is 5.95. The predicted octanol–water partition coefficient (Wildman–Crippen LogP) is 5.49. The van der Waals surface area contributed by atoms with Crippen LogP contribution in [0, 0.1) is 17.6 Å². The van der Waals surface area contributed by atoms with E-state index in [0.29, 0.717) is 23.8 Å². The van der Waals surface area contributed by atoms with Crippen LogP contribution < -0.4 is 5.32 Å². The second-order valence-electron chi connectivity index (χ2n) is 7.51. The van der Waals surface area contributed by atoms with Crippen molar-refractivity contribution in [1.82, 2.24) is 5.32 Å². The molecular formula is C23H27F2NO. The van der Waals surface area contributed by atoms with E-state index < -0.39 is 0 Å². The topological polar surface area (TPSA) is 29.1 Å². The summed E-state index contributed by atoms with van der Waals surface area (Å²) in [5.74, 6) is 0.804. The molecule has 0 saturated heterocycles. The van der Waals surface area contributed by atoms with Gasteiger partial charge in [-0.15, -0.1) is 0 Å². The van der Waals surface area contributed by atoms with E-state index in [2.05, 4.69) is 5.32 Å². The van der Waals surface area contributed by atoms with Gasteiger partial charge in [-0.25, -0.2) is 8.78 Å². The Morgan fingerprint density at radius 1 is 0.889 bits per heavy atom. The molecule has 1 aliphatic carbocycles. The lowest BCUT2D eigenvalue weighted by atomic mass is 9.78. The third kappa shape index (κ3) is 5.96. The van der Waals surface area contributed by atoms with Crippen LogP contribution in [0.1, 0.15) is 60.4 Å². The maximum absolute atomic E-state index is 13.0. The van der Waals surface area contributed by atoms with Gasteiger partial charge < -0.3 is 5.32 Å². The minimum Gasteiger partial charge on any atom is -0.316 e. The van der Waals surface area contributed by atoms with Crippen molar-refractivity contribution in [3.63, 3.8) is 0 Å². The van der Waals surface area contributed by atoms with Crippen molar-refractivity contribution in [1.29, 1.82) is 0 Å². The Morgan fingerprint density at radius 3 is 2.11 bits per heavy atom. The highest BCUT2D eigenvalue weighted by molar-refractivity contribution is 5.95. The molecule has 2 aromatic carbocycles. The van der Waals surface area contributed by atoms with E-state index in [1.54, 1.807) is 24.3 Å². The van der Waals surface area contributed by atoms with Gasteiger partial charge in [0.25, 0.3) is 0 Å². The summed E-state index contributed by atoms with van der Waals surface area (Å²) in [7, 11) is 0. The highest BCUT2D eigenvalue weighted by atomic mass is 19.1. The van der Waals surface area contributed by atoms with Gasteiger partial charge >= 0.3 is 0 Å². The molecule has 1 aliphatic rings. The SMILES string of the molecule is O=C(CCCNCC1CCC(c2ccc(F)cc2)CC1)c1ccc(F)cc1. The van der Waals surface area contributed by atoms with Gasteiger partial charge in [-0.1, -0.05) is 12.1 Å². The van der Waals surface area contributed by atoms with Crippen LogP contribution in [0.25, 0.3) is 0 Å². The van der Waals surface area contributed by atoms with E-state index in [1.807, 2.05) is 12.1 Å². The van der Waals surface area contributed by atoms with E-state index in [-0.39, 0.29) is 17.4 Å². The van der Waals surface area contributed by atoms with Gasteiger partial charge in [-0.05, 0) is 99.0 Å². The highest BCUT2D eigenvalue weighted by Crippen LogP contribution is 2.35. The molecule has 0 bridgehead atoms. The molecule has 0 aliphatic heterocycles. The predicted molar refractivity (Wildman–Crippen MR) is 104 cm³/mol. The van der Waals surface area contributed by atoms with E-state index in [0.717, 1.165) is 32.4 Å². The van der Waals surface area contributed by atoms with Crippen molar-refractivity contribution < 1.29 is 13.6 Å². The number of Topliss-reactive ketones (excluding diaryl/α,β-unsaturated/α-hetero) is 1. The smallest absolute Gasteiger partial charge is 0.162 e. The van der Waals surface area contributed by atoms with Crippen LogP contribution in [0.4, 0.5) is 8.78 Å². The van der Waals surface area contributed by atoms with Crippen molar-refractivity contribution in [2.24, 2.45) is 5.92 Å². The fourth-order valence-electron chi connectivity index (χ4n) is 3.90. The zero-order chi connectivity index (χ0) is 19.1. The summed E-state index contributed by atoms with van der Waals surface area (Å²) in [6, 6.07) is 12.7. The number of rotatable bonds is 8. The first-order valence-electron chi connectivity index (χ1n) is 9.87. The molecule has 1 saturated carbocycles. The van der Waals surface area contributed by atoms with Crippen LogP contribution in [0.15, 0.2) is 48.5 Å². The normalized spacial score (nSPS) is 19.8. The van der Waals surface area contributed by atoms with Crippen LogP contribution in [0.5, 0.6) is 0 Å². The van der Waals surface area contributed by atoms with Gasteiger partial charge in [0.1, 0.15) is 11.6 Å². The zero-order valence-electron chi connectivity index (χ0n) is 15.6. The van der Waals surface area contributed by atoms with Gasteiger partial charge in [0.2, 0.25) is 0 Å². The summed E-state index contributed by atoms with van der Waals surface area (Å²) in [5.41, 5.74) is 1.83. The van der Waals surface area contributed by atoms with Crippen molar-refractivity contribution in [3.05, 3.63) is 71.3 Å². The second-order valence-corrected chi connectivity index (χ2v) is 7.51. The number of nitrogens with one attached hydrogen (secondary N) is 1. The van der Waals surface area contributed by atoms with Gasteiger partial charge in [0.05, 0.1) is 0 Å². The Hall–Kier alpha value is -2.07. The summed E-state index contributed by atoms with van der Waals surface area (Å²) in [4.78, 5) is 12.0. The molecule has 144 valence electrons. The molecule has 27 heavy (non-hydrogen) atoms. The lowest BCUT2D eigenvalue weighted by Crippen LogP contribution is -2.27. The highest BCUT2D eigenvalue weighted by Gasteiger charge is 2.22. The summed E-state index contributed by atoms with van der Waals surface area (Å²) < 4.78 is 25.9. The molecule has 1 N–H and O–H groups in total. The largest absolute Gasteiger partial charge is 0.316 e. The number of carbonyl (C=O) groups excluding carboxylic acids is 1. The first-order valence-corrected chi connectivity index (χ1v) is 9.87. The molecule has 4 heteroatoms. The Labute approximate surface area is 160 Å². The monoisotopic (exact) mass is 371 g/mol. The van der Waals surface area contributed by atoms with Crippen LogP contribution in [-0.2, 0) is 0 Å². The minimum atomic E-state index is -0.317. The fourth-order valence-corrected chi connectivity index (χ4v) is 3.90. The third-order valence-electron chi connectivity index (χ3n) is 5.54. The van der Waals surface area contributed by atoms with Gasteiger partial charge in [-0.3, -0.25) is 4.79 Å². The summed E-state index contributed by atoms with van der Waals surface area (Å²) in [5, 5.41) is 3.47. The molecule has 0 heterocycles. The Balaban J connectivity index is 1.30. The molecule has 0 amide bonds.